The van der Waals surface area contributed by atoms with Crippen LogP contribution in [0.15, 0.2) is 0 Å². The number of amides is 4. The highest BCUT2D eigenvalue weighted by Gasteiger charge is 2.52. The van der Waals surface area contributed by atoms with Crippen LogP contribution in [0.4, 0.5) is 0 Å². The van der Waals surface area contributed by atoms with E-state index in [4.69, 9.17) is 4.74 Å². The molecule has 2 saturated heterocycles. The number of nitrogens with zero attached hydrogens (tertiary/aromatic N) is 2. The summed E-state index contributed by atoms with van der Waals surface area (Å²) < 4.78 is 6.47. The minimum Gasteiger partial charge on any atom is -0.375 e. The highest BCUT2D eigenvalue weighted by molar-refractivity contribution is 6.06. The van der Waals surface area contributed by atoms with Gasteiger partial charge >= 0.3 is 0 Å². The molecule has 0 aromatic carbocycles. The third-order valence-electron chi connectivity index (χ3n) is 10.2. The second kappa shape index (κ2) is 9.60. The maximum atomic E-state index is 12.9. The van der Waals surface area contributed by atoms with E-state index in [1.54, 1.807) is 9.80 Å². The monoisotopic (exact) mass is 484 g/mol. The van der Waals surface area contributed by atoms with Gasteiger partial charge in [-0.2, -0.15) is 0 Å². The summed E-state index contributed by atoms with van der Waals surface area (Å²) in [6.45, 7) is 0. The molecule has 35 heavy (non-hydrogen) atoms. The number of rotatable bonds is 4. The lowest BCUT2D eigenvalue weighted by Crippen LogP contribution is -2.45. The SMILES string of the molecule is O=C1C2CCCCC2C(=O)N1C1CCC(OC2CCC(N3C(=O)C4CCCCC4C3=O)CC2)CC1. The van der Waals surface area contributed by atoms with Gasteiger partial charge in [-0.05, 0) is 77.0 Å². The smallest absolute Gasteiger partial charge is 0.233 e. The molecule has 192 valence electrons. The van der Waals surface area contributed by atoms with E-state index in [2.05, 4.69) is 0 Å². The molecule has 4 saturated carbocycles. The Morgan fingerprint density at radius 1 is 0.429 bits per heavy atom. The molecule has 0 aromatic rings. The number of hydrogen-bond acceptors (Lipinski definition) is 5. The normalized spacial score (nSPS) is 42.4. The van der Waals surface area contributed by atoms with Crippen molar-refractivity contribution in [1.82, 2.24) is 9.80 Å². The number of carbonyl (C=O) groups is 4. The molecule has 0 N–H and O–H groups in total. The van der Waals surface area contributed by atoms with Crippen LogP contribution in [-0.2, 0) is 23.9 Å². The first-order valence-corrected chi connectivity index (χ1v) is 14.4. The van der Waals surface area contributed by atoms with Crippen molar-refractivity contribution in [3.8, 4) is 0 Å². The van der Waals surface area contributed by atoms with E-state index in [1.165, 1.54) is 0 Å². The molecule has 4 amide bonds. The first-order valence-electron chi connectivity index (χ1n) is 14.4. The number of imide groups is 2. The largest absolute Gasteiger partial charge is 0.375 e. The fourth-order valence-corrected chi connectivity index (χ4v) is 8.25. The van der Waals surface area contributed by atoms with E-state index in [1.807, 2.05) is 0 Å². The van der Waals surface area contributed by atoms with Crippen molar-refractivity contribution in [2.45, 2.75) is 127 Å². The summed E-state index contributed by atoms with van der Waals surface area (Å²) in [6, 6.07) is 0.0961. The summed E-state index contributed by atoms with van der Waals surface area (Å²) >= 11 is 0. The highest BCUT2D eigenvalue weighted by Crippen LogP contribution is 2.43. The third kappa shape index (κ3) is 4.15. The van der Waals surface area contributed by atoms with Gasteiger partial charge in [0, 0.05) is 12.1 Å². The molecular weight excluding hydrogens is 444 g/mol. The number of carbonyl (C=O) groups excluding carboxylic acids is 4. The standard InChI is InChI=1S/C28H40N2O5/c31-25-21-5-1-2-6-22(21)26(32)29(25)17-9-13-19(14-10-17)35-20-15-11-18(12-16-20)30-27(33)23-7-3-4-8-24(23)28(30)34/h17-24H,1-16H2. The lowest BCUT2D eigenvalue weighted by Gasteiger charge is -2.38. The van der Waals surface area contributed by atoms with Crippen molar-refractivity contribution in [1.29, 1.82) is 0 Å². The topological polar surface area (TPSA) is 84.0 Å². The van der Waals surface area contributed by atoms with Gasteiger partial charge < -0.3 is 4.74 Å². The van der Waals surface area contributed by atoms with E-state index in [0.717, 1.165) is 103 Å². The van der Waals surface area contributed by atoms with E-state index in [0.29, 0.717) is 0 Å². The van der Waals surface area contributed by atoms with Crippen LogP contribution in [0.3, 0.4) is 0 Å². The lowest BCUT2D eigenvalue weighted by atomic mass is 9.81. The van der Waals surface area contributed by atoms with Gasteiger partial charge in [0.05, 0.1) is 35.9 Å². The number of fused-ring (bicyclic) bond motifs is 2. The summed E-state index contributed by atoms with van der Waals surface area (Å²) in [5.74, 6) is 0.137. The predicted octanol–water partition coefficient (Wildman–Crippen LogP) is 3.98. The summed E-state index contributed by atoms with van der Waals surface area (Å²) in [7, 11) is 0. The summed E-state index contributed by atoms with van der Waals surface area (Å²) in [5, 5.41) is 0. The Kier molecular flexibility index (Phi) is 6.48. The van der Waals surface area contributed by atoms with Crippen molar-refractivity contribution in [2.75, 3.05) is 0 Å². The van der Waals surface area contributed by atoms with E-state index < -0.39 is 0 Å². The average molecular weight is 485 g/mol. The molecule has 2 heterocycles. The van der Waals surface area contributed by atoms with Crippen LogP contribution in [0.5, 0.6) is 0 Å². The van der Waals surface area contributed by atoms with Crippen molar-refractivity contribution < 1.29 is 23.9 Å². The molecular formula is C28H40N2O5. The van der Waals surface area contributed by atoms with Crippen molar-refractivity contribution in [2.24, 2.45) is 23.7 Å². The van der Waals surface area contributed by atoms with E-state index in [9.17, 15) is 19.2 Å². The molecule has 0 aromatic heterocycles. The van der Waals surface area contributed by atoms with Crippen LogP contribution < -0.4 is 0 Å². The molecule has 6 fully saturated rings. The molecule has 4 unspecified atom stereocenters. The van der Waals surface area contributed by atoms with Gasteiger partial charge in [-0.1, -0.05) is 25.7 Å². The Hall–Kier alpha value is -1.76. The van der Waals surface area contributed by atoms with Gasteiger partial charge in [0.1, 0.15) is 0 Å². The van der Waals surface area contributed by atoms with Crippen LogP contribution in [0, 0.1) is 23.7 Å². The molecule has 4 atom stereocenters. The molecule has 6 rings (SSSR count). The summed E-state index contributed by atoms with van der Waals surface area (Å²) in [4.78, 5) is 55.0. The minimum absolute atomic E-state index is 0.0481. The van der Waals surface area contributed by atoms with Gasteiger partial charge in [-0.3, -0.25) is 29.0 Å². The zero-order valence-electron chi connectivity index (χ0n) is 20.9. The molecule has 0 spiro atoms. The summed E-state index contributed by atoms with van der Waals surface area (Å²) in [6.07, 6.45) is 15.1. The zero-order chi connectivity index (χ0) is 24.1. The molecule has 6 aliphatic rings. The average Bonchev–Trinajstić information content (AvgIpc) is 3.30. The second-order valence-corrected chi connectivity index (χ2v) is 12.1. The Morgan fingerprint density at radius 2 is 0.714 bits per heavy atom. The lowest BCUT2D eigenvalue weighted by molar-refractivity contribution is -0.144. The first kappa shape index (κ1) is 23.6. The third-order valence-corrected chi connectivity index (χ3v) is 10.2. The van der Waals surface area contributed by atoms with Crippen molar-refractivity contribution in [3.63, 3.8) is 0 Å². The van der Waals surface area contributed by atoms with Gasteiger partial charge in [-0.25, -0.2) is 0 Å². The van der Waals surface area contributed by atoms with Crippen LogP contribution >= 0.6 is 0 Å². The Morgan fingerprint density at radius 3 is 1.00 bits per heavy atom. The molecule has 2 aliphatic heterocycles. The minimum atomic E-state index is -0.0567. The summed E-state index contributed by atoms with van der Waals surface area (Å²) in [5.41, 5.74) is 0. The quantitative estimate of drug-likeness (QED) is 0.564. The Bertz CT molecular complexity index is 755. The molecule has 7 nitrogen and oxygen atoms in total. The molecule has 7 heteroatoms. The van der Waals surface area contributed by atoms with Gasteiger partial charge in [-0.15, -0.1) is 0 Å². The van der Waals surface area contributed by atoms with Crippen molar-refractivity contribution in [3.05, 3.63) is 0 Å². The molecule has 0 radical (unpaired) electrons. The molecule has 0 bridgehead atoms. The predicted molar refractivity (Wildman–Crippen MR) is 128 cm³/mol. The van der Waals surface area contributed by atoms with Crippen LogP contribution in [0.2, 0.25) is 0 Å². The number of hydrogen-bond donors (Lipinski definition) is 0. The fourth-order valence-electron chi connectivity index (χ4n) is 8.25. The van der Waals surface area contributed by atoms with Crippen molar-refractivity contribution >= 4 is 23.6 Å². The Labute approximate surface area is 208 Å². The number of likely N-dealkylation sites (tertiary alicyclic amines) is 2. The van der Waals surface area contributed by atoms with Gasteiger partial charge in [0.25, 0.3) is 0 Å². The zero-order valence-corrected chi connectivity index (χ0v) is 20.9. The maximum Gasteiger partial charge on any atom is 0.233 e. The maximum absolute atomic E-state index is 12.9. The van der Waals surface area contributed by atoms with E-state index in [-0.39, 0.29) is 71.6 Å². The van der Waals surface area contributed by atoms with Crippen LogP contribution in [-0.4, -0.2) is 57.7 Å². The van der Waals surface area contributed by atoms with Crippen LogP contribution in [0.1, 0.15) is 103 Å². The fraction of sp³-hybridized carbons (Fsp3) is 0.857. The number of ether oxygens (including phenoxy) is 1. The first-order chi connectivity index (χ1) is 17.0. The van der Waals surface area contributed by atoms with Gasteiger partial charge in [0.15, 0.2) is 0 Å². The molecule has 4 aliphatic carbocycles. The highest BCUT2D eigenvalue weighted by atomic mass is 16.5. The second-order valence-electron chi connectivity index (χ2n) is 12.1. The van der Waals surface area contributed by atoms with Crippen LogP contribution in [0.25, 0.3) is 0 Å². The van der Waals surface area contributed by atoms with E-state index >= 15 is 0 Å². The van der Waals surface area contributed by atoms with Gasteiger partial charge in [0.2, 0.25) is 23.6 Å². The Balaban J connectivity index is 0.977.